The molecule has 0 bridgehead atoms. The molecule has 112 valence electrons. The molecule has 0 heterocycles. The highest BCUT2D eigenvalue weighted by Crippen LogP contribution is 2.22. The topological polar surface area (TPSA) is 66.5 Å². The van der Waals surface area contributed by atoms with Gasteiger partial charge in [0.2, 0.25) is 15.9 Å². The molecule has 1 atom stereocenters. The molecule has 0 radical (unpaired) electrons. The SMILES string of the molecule is CCNC(=O)C(CC)N(c1ccc(C)cc1)S(C)(=O)=O. The number of aryl methyl sites for hydroxylation is 1. The van der Waals surface area contributed by atoms with Gasteiger partial charge in [-0.15, -0.1) is 0 Å². The number of benzene rings is 1. The minimum atomic E-state index is -3.53. The summed E-state index contributed by atoms with van der Waals surface area (Å²) >= 11 is 0. The average molecular weight is 298 g/mol. The number of anilines is 1. The van der Waals surface area contributed by atoms with E-state index in [0.717, 1.165) is 11.8 Å². The Hall–Kier alpha value is -1.56. The fourth-order valence-corrected chi connectivity index (χ4v) is 3.26. The third kappa shape index (κ3) is 3.96. The standard InChI is InChI=1S/C14H22N2O3S/c1-5-13(14(17)15-6-2)16(20(4,18)19)12-9-7-11(3)8-10-12/h7-10,13H,5-6H2,1-4H3,(H,15,17). The summed E-state index contributed by atoms with van der Waals surface area (Å²) in [6.45, 7) is 6.00. The summed E-state index contributed by atoms with van der Waals surface area (Å²) in [6.07, 6.45) is 1.53. The highest BCUT2D eigenvalue weighted by molar-refractivity contribution is 7.92. The highest BCUT2D eigenvalue weighted by Gasteiger charge is 2.30. The Kier molecular flexibility index (Phi) is 5.56. The fourth-order valence-electron chi connectivity index (χ4n) is 2.04. The Bertz CT molecular complexity index is 552. The van der Waals surface area contributed by atoms with Gasteiger partial charge >= 0.3 is 0 Å². The first-order valence-electron chi connectivity index (χ1n) is 6.65. The number of carbonyl (C=O) groups is 1. The van der Waals surface area contributed by atoms with Gasteiger partial charge in [-0.2, -0.15) is 0 Å². The van der Waals surface area contributed by atoms with Gasteiger partial charge in [0.05, 0.1) is 11.9 Å². The Morgan fingerprint density at radius 3 is 2.20 bits per heavy atom. The number of hydrogen-bond acceptors (Lipinski definition) is 3. The predicted molar refractivity (Wildman–Crippen MR) is 81.3 cm³/mol. The molecule has 1 rings (SSSR count). The van der Waals surface area contributed by atoms with Crippen molar-refractivity contribution in [2.45, 2.75) is 33.2 Å². The Morgan fingerprint density at radius 2 is 1.80 bits per heavy atom. The van der Waals surface area contributed by atoms with E-state index in [2.05, 4.69) is 5.32 Å². The molecule has 5 nitrogen and oxygen atoms in total. The quantitative estimate of drug-likeness (QED) is 0.869. The maximum atomic E-state index is 12.1. The first kappa shape index (κ1) is 16.5. The van der Waals surface area contributed by atoms with E-state index in [-0.39, 0.29) is 5.91 Å². The zero-order valence-corrected chi connectivity index (χ0v) is 13.2. The van der Waals surface area contributed by atoms with Gasteiger partial charge < -0.3 is 5.32 Å². The average Bonchev–Trinajstić information content (AvgIpc) is 2.36. The van der Waals surface area contributed by atoms with E-state index < -0.39 is 16.1 Å². The van der Waals surface area contributed by atoms with E-state index in [1.807, 2.05) is 19.1 Å². The van der Waals surface area contributed by atoms with Crippen LogP contribution in [0.5, 0.6) is 0 Å². The van der Waals surface area contributed by atoms with E-state index in [1.165, 1.54) is 4.31 Å². The lowest BCUT2D eigenvalue weighted by Crippen LogP contribution is -2.49. The second-order valence-corrected chi connectivity index (χ2v) is 6.57. The highest BCUT2D eigenvalue weighted by atomic mass is 32.2. The maximum absolute atomic E-state index is 12.1. The smallest absolute Gasteiger partial charge is 0.243 e. The summed E-state index contributed by atoms with van der Waals surface area (Å²) in [5.74, 6) is -0.277. The zero-order valence-electron chi connectivity index (χ0n) is 12.4. The molecule has 0 aliphatic heterocycles. The van der Waals surface area contributed by atoms with Crippen molar-refractivity contribution in [3.63, 3.8) is 0 Å². The van der Waals surface area contributed by atoms with Gasteiger partial charge in [-0.1, -0.05) is 24.6 Å². The molecule has 1 unspecified atom stereocenters. The summed E-state index contributed by atoms with van der Waals surface area (Å²) in [7, 11) is -3.53. The van der Waals surface area contributed by atoms with Gasteiger partial charge in [0.25, 0.3) is 0 Å². The Balaban J connectivity index is 3.25. The van der Waals surface area contributed by atoms with Crippen LogP contribution >= 0.6 is 0 Å². The molecular formula is C14H22N2O3S. The molecule has 0 aliphatic rings. The summed E-state index contributed by atoms with van der Waals surface area (Å²) < 4.78 is 25.3. The number of likely N-dealkylation sites (N-methyl/N-ethyl adjacent to an activating group) is 1. The van der Waals surface area contributed by atoms with Crippen molar-refractivity contribution in [1.82, 2.24) is 5.32 Å². The lowest BCUT2D eigenvalue weighted by Gasteiger charge is -2.30. The summed E-state index contributed by atoms with van der Waals surface area (Å²) in [4.78, 5) is 12.1. The van der Waals surface area contributed by atoms with Gasteiger partial charge in [0, 0.05) is 6.54 Å². The normalized spacial score (nSPS) is 12.8. The number of nitrogens with zero attached hydrogens (tertiary/aromatic N) is 1. The fraction of sp³-hybridized carbons (Fsp3) is 0.500. The van der Waals surface area contributed by atoms with Gasteiger partial charge in [-0.3, -0.25) is 9.10 Å². The molecule has 1 amide bonds. The second-order valence-electron chi connectivity index (χ2n) is 4.71. The molecule has 0 saturated carbocycles. The van der Waals surface area contributed by atoms with Crippen LogP contribution in [0, 0.1) is 6.92 Å². The van der Waals surface area contributed by atoms with Crippen LogP contribution in [0.25, 0.3) is 0 Å². The van der Waals surface area contributed by atoms with Crippen LogP contribution < -0.4 is 9.62 Å². The van der Waals surface area contributed by atoms with Gasteiger partial charge in [-0.25, -0.2) is 8.42 Å². The summed E-state index contributed by atoms with van der Waals surface area (Å²) in [5, 5.41) is 2.69. The minimum Gasteiger partial charge on any atom is -0.355 e. The van der Waals surface area contributed by atoms with Crippen LogP contribution in [0.4, 0.5) is 5.69 Å². The van der Waals surface area contributed by atoms with Crippen LogP contribution in [-0.2, 0) is 14.8 Å². The molecule has 0 aromatic heterocycles. The monoisotopic (exact) mass is 298 g/mol. The second kappa shape index (κ2) is 6.74. The number of rotatable bonds is 6. The first-order valence-corrected chi connectivity index (χ1v) is 8.49. The summed E-state index contributed by atoms with van der Waals surface area (Å²) in [6, 6.07) is 6.37. The molecule has 1 N–H and O–H groups in total. The van der Waals surface area contributed by atoms with Crippen molar-refractivity contribution in [1.29, 1.82) is 0 Å². The molecule has 1 aromatic rings. The number of amides is 1. The van der Waals surface area contributed by atoms with Crippen LogP contribution in [-0.4, -0.2) is 33.2 Å². The van der Waals surface area contributed by atoms with Crippen molar-refractivity contribution < 1.29 is 13.2 Å². The van der Waals surface area contributed by atoms with Gasteiger partial charge in [0.15, 0.2) is 0 Å². The lowest BCUT2D eigenvalue weighted by molar-refractivity contribution is -0.122. The van der Waals surface area contributed by atoms with Gasteiger partial charge in [-0.05, 0) is 32.4 Å². The van der Waals surface area contributed by atoms with E-state index in [1.54, 1.807) is 26.0 Å². The third-order valence-electron chi connectivity index (χ3n) is 2.97. The van der Waals surface area contributed by atoms with Crippen molar-refractivity contribution in [2.75, 3.05) is 17.1 Å². The molecular weight excluding hydrogens is 276 g/mol. The van der Waals surface area contributed by atoms with E-state index >= 15 is 0 Å². The Labute approximate surface area is 121 Å². The predicted octanol–water partition coefficient (Wildman–Crippen LogP) is 1.68. The third-order valence-corrected chi connectivity index (χ3v) is 4.15. The van der Waals surface area contributed by atoms with E-state index in [0.29, 0.717) is 18.7 Å². The molecule has 0 aliphatic carbocycles. The molecule has 0 fully saturated rings. The van der Waals surface area contributed by atoms with E-state index in [9.17, 15) is 13.2 Å². The zero-order chi connectivity index (χ0) is 15.3. The van der Waals surface area contributed by atoms with Gasteiger partial charge in [0.1, 0.15) is 6.04 Å². The van der Waals surface area contributed by atoms with Crippen LogP contribution in [0.15, 0.2) is 24.3 Å². The number of sulfonamides is 1. The molecule has 0 saturated heterocycles. The molecule has 6 heteroatoms. The van der Waals surface area contributed by atoms with Crippen LogP contribution in [0.1, 0.15) is 25.8 Å². The minimum absolute atomic E-state index is 0.277. The molecule has 0 spiro atoms. The van der Waals surface area contributed by atoms with Crippen LogP contribution in [0.3, 0.4) is 0 Å². The van der Waals surface area contributed by atoms with Crippen molar-refractivity contribution in [3.8, 4) is 0 Å². The Morgan fingerprint density at radius 1 is 1.25 bits per heavy atom. The lowest BCUT2D eigenvalue weighted by atomic mass is 10.1. The summed E-state index contributed by atoms with van der Waals surface area (Å²) in [5.41, 5.74) is 1.55. The molecule has 1 aromatic carbocycles. The van der Waals surface area contributed by atoms with Crippen molar-refractivity contribution in [2.24, 2.45) is 0 Å². The molecule has 20 heavy (non-hydrogen) atoms. The number of carbonyl (C=O) groups excluding carboxylic acids is 1. The van der Waals surface area contributed by atoms with Crippen molar-refractivity contribution in [3.05, 3.63) is 29.8 Å². The maximum Gasteiger partial charge on any atom is 0.243 e. The number of hydrogen-bond donors (Lipinski definition) is 1. The first-order chi connectivity index (χ1) is 9.31. The van der Waals surface area contributed by atoms with Crippen molar-refractivity contribution >= 4 is 21.6 Å². The number of nitrogens with one attached hydrogen (secondary N) is 1. The van der Waals surface area contributed by atoms with E-state index in [4.69, 9.17) is 0 Å². The largest absolute Gasteiger partial charge is 0.355 e. The van der Waals surface area contributed by atoms with Crippen LogP contribution in [0.2, 0.25) is 0 Å².